The largest absolute Gasteiger partial charge is 0.416 e. The van der Waals surface area contributed by atoms with E-state index in [-0.39, 0.29) is 10.5 Å². The number of alkyl halides is 3. The van der Waals surface area contributed by atoms with Gasteiger partial charge in [-0.15, -0.1) is 0 Å². The lowest BCUT2D eigenvalue weighted by Gasteiger charge is -2.09. The summed E-state index contributed by atoms with van der Waals surface area (Å²) in [5.41, 5.74) is 1.26. The first-order valence-electron chi connectivity index (χ1n) is 9.65. The molecule has 0 atom stereocenters. The lowest BCUT2D eigenvalue weighted by Crippen LogP contribution is -2.19. The van der Waals surface area contributed by atoms with E-state index < -0.39 is 27.6 Å². The number of nitrogens with zero attached hydrogens (tertiary/aromatic N) is 1. The summed E-state index contributed by atoms with van der Waals surface area (Å²) in [5, 5.41) is 0. The Morgan fingerprint density at radius 3 is 2.48 bits per heavy atom. The second kappa shape index (κ2) is 8.45. The van der Waals surface area contributed by atoms with E-state index in [1.54, 1.807) is 36.4 Å². The Morgan fingerprint density at radius 2 is 1.76 bits per heavy atom. The molecule has 10 heteroatoms. The maximum atomic E-state index is 13.6. The van der Waals surface area contributed by atoms with Crippen LogP contribution in [0.4, 0.5) is 17.6 Å². The van der Waals surface area contributed by atoms with Crippen molar-refractivity contribution in [1.29, 1.82) is 0 Å². The molecule has 33 heavy (non-hydrogen) atoms. The van der Waals surface area contributed by atoms with Crippen LogP contribution >= 0.6 is 0 Å². The van der Waals surface area contributed by atoms with Crippen molar-refractivity contribution in [2.45, 2.75) is 11.1 Å². The van der Waals surface area contributed by atoms with Crippen molar-refractivity contribution < 1.29 is 26.0 Å². The van der Waals surface area contributed by atoms with E-state index in [0.29, 0.717) is 34.1 Å². The first kappa shape index (κ1) is 22.7. The third-order valence-electron chi connectivity index (χ3n) is 4.94. The number of aromatic amines is 1. The normalized spacial score (nSPS) is 12.6. The number of rotatable bonds is 5. The highest BCUT2D eigenvalue weighted by molar-refractivity contribution is 7.89. The Kier molecular flexibility index (Phi) is 5.81. The fourth-order valence-corrected chi connectivity index (χ4v) is 4.33. The molecule has 0 radical (unpaired) electrons. The lowest BCUT2D eigenvalue weighted by atomic mass is 10.1. The molecule has 0 saturated carbocycles. The van der Waals surface area contributed by atoms with Crippen LogP contribution in [0.2, 0.25) is 0 Å². The average molecular weight is 475 g/mol. The summed E-state index contributed by atoms with van der Waals surface area (Å²) in [7, 11) is -2.35. The van der Waals surface area contributed by atoms with Gasteiger partial charge in [-0.05, 0) is 60.6 Å². The van der Waals surface area contributed by atoms with E-state index in [0.717, 1.165) is 12.1 Å². The first-order valence-corrected chi connectivity index (χ1v) is 11.1. The number of halogens is 4. The molecule has 0 fully saturated rings. The van der Waals surface area contributed by atoms with Crippen molar-refractivity contribution in [2.75, 3.05) is 7.05 Å². The van der Waals surface area contributed by atoms with Gasteiger partial charge in [-0.3, -0.25) is 0 Å². The standard InChI is InChI=1S/C23H17F4N3O2S/c1-28-33(31,32)21-5-3-2-4-18(21)15-7-8-19-20(12-15)30-22(29-19)9-6-14-10-16(23(25,26)27)13-17(24)11-14/h2-13,28H,1H3,(H,29,30). The Labute approximate surface area is 186 Å². The summed E-state index contributed by atoms with van der Waals surface area (Å²) >= 11 is 0. The minimum atomic E-state index is -4.66. The Hall–Kier alpha value is -3.50. The van der Waals surface area contributed by atoms with E-state index in [9.17, 15) is 26.0 Å². The molecule has 170 valence electrons. The average Bonchev–Trinajstić information content (AvgIpc) is 3.19. The van der Waals surface area contributed by atoms with Gasteiger partial charge in [-0.1, -0.05) is 30.3 Å². The predicted octanol–water partition coefficient (Wildman–Crippen LogP) is 5.47. The van der Waals surface area contributed by atoms with Crippen molar-refractivity contribution in [3.8, 4) is 11.1 Å². The summed E-state index contributed by atoms with van der Waals surface area (Å²) in [6.07, 6.45) is -1.89. The fourth-order valence-electron chi connectivity index (χ4n) is 3.37. The van der Waals surface area contributed by atoms with E-state index >= 15 is 0 Å². The van der Waals surface area contributed by atoms with E-state index in [1.165, 1.54) is 25.3 Å². The number of aromatic nitrogens is 2. The Balaban J connectivity index is 1.69. The minimum Gasteiger partial charge on any atom is -0.338 e. The molecule has 1 aromatic heterocycles. The number of fused-ring (bicyclic) bond motifs is 1. The Bertz CT molecular complexity index is 1470. The third kappa shape index (κ3) is 4.81. The molecule has 4 aromatic rings. The number of imidazole rings is 1. The molecule has 4 rings (SSSR count). The molecule has 0 amide bonds. The SMILES string of the molecule is CNS(=O)(=O)c1ccccc1-c1ccc2nc(C=Cc3cc(F)cc(C(F)(F)F)c3)[nH]c2c1. The van der Waals surface area contributed by atoms with Crippen LogP contribution < -0.4 is 4.72 Å². The molecule has 0 bridgehead atoms. The van der Waals surface area contributed by atoms with Gasteiger partial charge in [0.1, 0.15) is 11.6 Å². The molecule has 0 spiro atoms. The maximum absolute atomic E-state index is 13.6. The van der Waals surface area contributed by atoms with Crippen LogP contribution in [0.1, 0.15) is 17.0 Å². The summed E-state index contributed by atoms with van der Waals surface area (Å²) in [5.74, 6) is -0.648. The second-order valence-corrected chi connectivity index (χ2v) is 9.02. The van der Waals surface area contributed by atoms with Gasteiger partial charge in [0.2, 0.25) is 10.0 Å². The van der Waals surface area contributed by atoms with E-state index in [2.05, 4.69) is 14.7 Å². The topological polar surface area (TPSA) is 74.8 Å². The van der Waals surface area contributed by atoms with Crippen LogP contribution in [0.25, 0.3) is 34.3 Å². The number of benzene rings is 3. The molecule has 0 unspecified atom stereocenters. The maximum Gasteiger partial charge on any atom is 0.416 e. The minimum absolute atomic E-state index is 0.0367. The first-order chi connectivity index (χ1) is 15.6. The van der Waals surface area contributed by atoms with Crippen LogP contribution in [0.5, 0.6) is 0 Å². The molecule has 0 aliphatic heterocycles. The highest BCUT2D eigenvalue weighted by Crippen LogP contribution is 2.31. The summed E-state index contributed by atoms with van der Waals surface area (Å²) in [6, 6.07) is 14.0. The van der Waals surface area contributed by atoms with Gasteiger partial charge in [0, 0.05) is 5.56 Å². The monoisotopic (exact) mass is 475 g/mol. The van der Waals surface area contributed by atoms with Gasteiger partial charge in [0.25, 0.3) is 0 Å². The number of nitrogens with one attached hydrogen (secondary N) is 2. The van der Waals surface area contributed by atoms with Crippen molar-refractivity contribution >= 4 is 33.2 Å². The molecule has 5 nitrogen and oxygen atoms in total. The molecule has 0 aliphatic rings. The summed E-state index contributed by atoms with van der Waals surface area (Å²) in [6.45, 7) is 0. The van der Waals surface area contributed by atoms with Gasteiger partial charge >= 0.3 is 6.18 Å². The van der Waals surface area contributed by atoms with Gasteiger partial charge in [0.15, 0.2) is 0 Å². The third-order valence-corrected chi connectivity index (χ3v) is 6.41. The zero-order chi connectivity index (χ0) is 23.8. The van der Waals surface area contributed by atoms with Crippen molar-refractivity contribution in [3.63, 3.8) is 0 Å². The molecular weight excluding hydrogens is 458 g/mol. The summed E-state index contributed by atoms with van der Waals surface area (Å²) in [4.78, 5) is 7.51. The van der Waals surface area contributed by atoms with Crippen molar-refractivity contribution in [3.05, 3.63) is 83.4 Å². The van der Waals surface area contributed by atoms with Crippen molar-refractivity contribution in [1.82, 2.24) is 14.7 Å². The number of hydrogen-bond donors (Lipinski definition) is 2. The zero-order valence-electron chi connectivity index (χ0n) is 17.1. The summed E-state index contributed by atoms with van der Waals surface area (Å²) < 4.78 is 79.3. The Morgan fingerprint density at radius 1 is 1.00 bits per heavy atom. The van der Waals surface area contributed by atoms with E-state index in [1.807, 2.05) is 0 Å². The lowest BCUT2D eigenvalue weighted by molar-refractivity contribution is -0.137. The predicted molar refractivity (Wildman–Crippen MR) is 118 cm³/mol. The van der Waals surface area contributed by atoms with Crippen molar-refractivity contribution in [2.24, 2.45) is 0 Å². The molecule has 0 aliphatic carbocycles. The van der Waals surface area contributed by atoms with Crippen LogP contribution in [0.3, 0.4) is 0 Å². The van der Waals surface area contributed by atoms with Gasteiger partial charge in [0.05, 0.1) is 21.5 Å². The van der Waals surface area contributed by atoms with Crippen LogP contribution in [0, 0.1) is 5.82 Å². The molecular formula is C23H17F4N3O2S. The number of H-pyrrole nitrogens is 1. The number of hydrogen-bond acceptors (Lipinski definition) is 3. The highest BCUT2D eigenvalue weighted by atomic mass is 32.2. The van der Waals surface area contributed by atoms with Crippen LogP contribution in [-0.2, 0) is 16.2 Å². The second-order valence-electron chi connectivity index (χ2n) is 7.16. The highest BCUT2D eigenvalue weighted by Gasteiger charge is 2.31. The number of sulfonamides is 1. The van der Waals surface area contributed by atoms with E-state index in [4.69, 9.17) is 0 Å². The molecule has 2 N–H and O–H groups in total. The quantitative estimate of drug-likeness (QED) is 0.376. The van der Waals surface area contributed by atoms with Gasteiger partial charge < -0.3 is 4.98 Å². The molecule has 1 heterocycles. The fraction of sp³-hybridized carbons (Fsp3) is 0.0870. The van der Waals surface area contributed by atoms with Crippen LogP contribution in [-0.4, -0.2) is 25.4 Å². The van der Waals surface area contributed by atoms with Crippen LogP contribution in [0.15, 0.2) is 65.6 Å². The smallest absolute Gasteiger partial charge is 0.338 e. The zero-order valence-corrected chi connectivity index (χ0v) is 17.9. The molecule has 0 saturated heterocycles. The van der Waals surface area contributed by atoms with Gasteiger partial charge in [-0.2, -0.15) is 13.2 Å². The molecule has 3 aromatic carbocycles. The van der Waals surface area contributed by atoms with Gasteiger partial charge in [-0.25, -0.2) is 22.5 Å².